The molecule has 0 unspecified atom stereocenters. The van der Waals surface area contributed by atoms with Crippen molar-refractivity contribution >= 4 is 5.97 Å². The van der Waals surface area contributed by atoms with Crippen molar-refractivity contribution in [3.05, 3.63) is 12.3 Å². The fraction of sp³-hybridized carbons (Fsp3) is 0.400. The first-order valence-corrected chi connectivity index (χ1v) is 2.05. The fourth-order valence-electron chi connectivity index (χ4n) is 0.164. The van der Waals surface area contributed by atoms with Gasteiger partial charge in [-0.2, -0.15) is 0 Å². The lowest BCUT2D eigenvalue weighted by molar-refractivity contribution is -0.135. The highest BCUT2D eigenvalue weighted by Crippen LogP contribution is 1.75. The Kier molecular flexibility index (Phi) is 7.88. The molecule has 0 aliphatic carbocycles. The van der Waals surface area contributed by atoms with Gasteiger partial charge in [-0.15, -0.1) is 0 Å². The first kappa shape index (κ1) is 10.2. The molecule has 0 saturated heterocycles. The highest BCUT2D eigenvalue weighted by atomic mass is 16.5. The molecule has 3 heteroatoms. The molecule has 0 radical (unpaired) electrons. The van der Waals surface area contributed by atoms with Crippen molar-refractivity contribution in [2.45, 2.75) is 13.8 Å². The summed E-state index contributed by atoms with van der Waals surface area (Å²) in [5, 5.41) is 0. The second-order valence-electron chi connectivity index (χ2n) is 1.08. The van der Waals surface area contributed by atoms with Gasteiger partial charge in [0.05, 0.1) is 6.26 Å². The standard InChI is InChI=1S/C5H8O2.H2O/c1-3-4-7-5(2)6;/h3-4H,1-2H3;1H2. The molecule has 0 amide bonds. The predicted molar refractivity (Wildman–Crippen MR) is 30.2 cm³/mol. The number of carbonyl (C=O) groups is 1. The Bertz CT molecular complexity index is 85.7. The second-order valence-corrected chi connectivity index (χ2v) is 1.08. The van der Waals surface area contributed by atoms with Crippen molar-refractivity contribution in [3.63, 3.8) is 0 Å². The second kappa shape index (κ2) is 6.17. The van der Waals surface area contributed by atoms with Crippen molar-refractivity contribution < 1.29 is 15.0 Å². The molecule has 0 aliphatic heterocycles. The zero-order valence-corrected chi connectivity index (χ0v) is 4.97. The summed E-state index contributed by atoms with van der Waals surface area (Å²) < 4.78 is 4.37. The van der Waals surface area contributed by atoms with Crippen molar-refractivity contribution in [1.29, 1.82) is 0 Å². The average Bonchev–Trinajstić information content (AvgIpc) is 1.61. The molecule has 0 aromatic carbocycles. The molecule has 2 N–H and O–H groups in total. The summed E-state index contributed by atoms with van der Waals surface area (Å²) in [4.78, 5) is 9.93. The van der Waals surface area contributed by atoms with Gasteiger partial charge in [-0.05, 0) is 6.92 Å². The van der Waals surface area contributed by atoms with Gasteiger partial charge in [-0.3, -0.25) is 4.79 Å². The smallest absolute Gasteiger partial charge is 0.307 e. The molecule has 48 valence electrons. The third-order valence-electron chi connectivity index (χ3n) is 0.370. The lowest BCUT2D eigenvalue weighted by atomic mass is 10.7. The van der Waals surface area contributed by atoms with Crippen LogP contribution >= 0.6 is 0 Å². The zero-order chi connectivity index (χ0) is 5.70. The minimum atomic E-state index is -0.280. The number of ether oxygens (including phenoxy) is 1. The predicted octanol–water partition coefficient (Wildman–Crippen LogP) is 0.258. The maximum Gasteiger partial charge on any atom is 0.307 e. The Morgan fingerprint density at radius 3 is 2.25 bits per heavy atom. The SMILES string of the molecule is CC=COC(C)=O.O. The molecule has 0 bridgehead atoms. The maximum absolute atomic E-state index is 9.93. The summed E-state index contributed by atoms with van der Waals surface area (Å²) in [5.74, 6) is -0.280. The summed E-state index contributed by atoms with van der Waals surface area (Å²) in [6.07, 6.45) is 3.00. The highest BCUT2D eigenvalue weighted by molar-refractivity contribution is 5.66. The number of esters is 1. The molecule has 0 fully saturated rings. The van der Waals surface area contributed by atoms with Gasteiger partial charge < -0.3 is 10.2 Å². The van der Waals surface area contributed by atoms with Crippen LogP contribution in [-0.2, 0) is 9.53 Å². The van der Waals surface area contributed by atoms with E-state index in [1.165, 1.54) is 13.2 Å². The van der Waals surface area contributed by atoms with E-state index in [0.29, 0.717) is 0 Å². The average molecular weight is 118 g/mol. The van der Waals surface area contributed by atoms with Crippen molar-refractivity contribution in [2.24, 2.45) is 0 Å². The van der Waals surface area contributed by atoms with Gasteiger partial charge in [-0.25, -0.2) is 0 Å². The van der Waals surface area contributed by atoms with Crippen LogP contribution < -0.4 is 0 Å². The number of rotatable bonds is 1. The Hall–Kier alpha value is -0.830. The molecule has 0 aromatic rings. The van der Waals surface area contributed by atoms with Crippen LogP contribution in [0.25, 0.3) is 0 Å². The van der Waals surface area contributed by atoms with E-state index in [4.69, 9.17) is 0 Å². The Morgan fingerprint density at radius 2 is 2.12 bits per heavy atom. The van der Waals surface area contributed by atoms with E-state index >= 15 is 0 Å². The van der Waals surface area contributed by atoms with Crippen LogP contribution in [0.4, 0.5) is 0 Å². The summed E-state index contributed by atoms with van der Waals surface area (Å²) in [6, 6.07) is 0. The van der Waals surface area contributed by atoms with E-state index < -0.39 is 0 Å². The third kappa shape index (κ3) is 8.95. The van der Waals surface area contributed by atoms with Crippen LogP contribution in [0.5, 0.6) is 0 Å². The third-order valence-corrected chi connectivity index (χ3v) is 0.370. The number of hydrogen-bond donors (Lipinski definition) is 0. The largest absolute Gasteiger partial charge is 0.435 e. The molecule has 0 heterocycles. The van der Waals surface area contributed by atoms with Gasteiger partial charge in [0.15, 0.2) is 0 Å². The minimum absolute atomic E-state index is 0. The molecule has 0 aromatic heterocycles. The van der Waals surface area contributed by atoms with Gasteiger partial charge in [0.2, 0.25) is 0 Å². The van der Waals surface area contributed by atoms with Crippen LogP contribution in [0, 0.1) is 0 Å². The van der Waals surface area contributed by atoms with E-state index in [0.717, 1.165) is 0 Å². The first-order chi connectivity index (χ1) is 3.27. The molecule has 3 nitrogen and oxygen atoms in total. The van der Waals surface area contributed by atoms with Crippen LogP contribution in [0.3, 0.4) is 0 Å². The Balaban J connectivity index is 0. The van der Waals surface area contributed by atoms with Gasteiger partial charge in [0, 0.05) is 6.92 Å². The van der Waals surface area contributed by atoms with Crippen LogP contribution in [-0.4, -0.2) is 11.4 Å². The maximum atomic E-state index is 9.93. The molecule has 0 spiro atoms. The Labute approximate surface area is 48.3 Å². The monoisotopic (exact) mass is 118 g/mol. The van der Waals surface area contributed by atoms with Gasteiger partial charge >= 0.3 is 5.97 Å². The molecule has 0 rings (SSSR count). The van der Waals surface area contributed by atoms with E-state index in [1.807, 2.05) is 0 Å². The van der Waals surface area contributed by atoms with Gasteiger partial charge in [-0.1, -0.05) is 6.08 Å². The summed E-state index contributed by atoms with van der Waals surface area (Å²) >= 11 is 0. The highest BCUT2D eigenvalue weighted by Gasteiger charge is 1.80. The van der Waals surface area contributed by atoms with E-state index in [1.54, 1.807) is 13.0 Å². The Morgan fingerprint density at radius 1 is 1.62 bits per heavy atom. The number of allylic oxidation sites excluding steroid dienone is 1. The summed E-state index contributed by atoms with van der Waals surface area (Å²) in [6.45, 7) is 3.14. The topological polar surface area (TPSA) is 57.8 Å². The van der Waals surface area contributed by atoms with Crippen LogP contribution in [0.15, 0.2) is 12.3 Å². The number of carbonyl (C=O) groups excluding carboxylic acids is 1. The lowest BCUT2D eigenvalue weighted by Crippen LogP contribution is -1.88. The molecular formula is C5H10O3. The first-order valence-electron chi connectivity index (χ1n) is 2.05. The lowest BCUT2D eigenvalue weighted by Gasteiger charge is -1.85. The normalized spacial score (nSPS) is 8.25. The zero-order valence-electron chi connectivity index (χ0n) is 4.97. The van der Waals surface area contributed by atoms with E-state index in [9.17, 15) is 4.79 Å². The van der Waals surface area contributed by atoms with E-state index in [-0.39, 0.29) is 11.4 Å². The summed E-state index contributed by atoms with van der Waals surface area (Å²) in [7, 11) is 0. The van der Waals surface area contributed by atoms with E-state index in [2.05, 4.69) is 4.74 Å². The fourth-order valence-corrected chi connectivity index (χ4v) is 0.164. The quantitative estimate of drug-likeness (QED) is 0.366. The van der Waals surface area contributed by atoms with Crippen molar-refractivity contribution in [1.82, 2.24) is 0 Å². The number of hydrogen-bond acceptors (Lipinski definition) is 2. The summed E-state index contributed by atoms with van der Waals surface area (Å²) in [5.41, 5.74) is 0. The van der Waals surface area contributed by atoms with Crippen molar-refractivity contribution in [3.8, 4) is 0 Å². The van der Waals surface area contributed by atoms with Gasteiger partial charge in [0.25, 0.3) is 0 Å². The van der Waals surface area contributed by atoms with Gasteiger partial charge in [0.1, 0.15) is 0 Å². The minimum Gasteiger partial charge on any atom is -0.435 e. The molecular weight excluding hydrogens is 108 g/mol. The van der Waals surface area contributed by atoms with Crippen LogP contribution in [0.1, 0.15) is 13.8 Å². The molecule has 0 saturated carbocycles. The molecule has 0 atom stereocenters. The molecule has 0 aliphatic rings. The van der Waals surface area contributed by atoms with Crippen molar-refractivity contribution in [2.75, 3.05) is 0 Å². The van der Waals surface area contributed by atoms with Crippen LogP contribution in [0.2, 0.25) is 0 Å². The molecule has 8 heavy (non-hydrogen) atoms.